The molecule has 1 aromatic heterocycles. The molecular weight excluding hydrogens is 400 g/mol. The standard InChI is InChI=1S/C19H17ClN4O3S/c1-24-18(16-10-26-14-4-2-3-5-15(14)27-16)22-23-19(24)28-11-17(25)21-13-8-6-12(20)7-9-13/h2-9,16H,10-11H2,1H3,(H,21,25). The van der Waals surface area contributed by atoms with Crippen molar-refractivity contribution in [3.05, 3.63) is 59.4 Å². The number of ether oxygens (including phenoxy) is 2. The maximum Gasteiger partial charge on any atom is 0.234 e. The summed E-state index contributed by atoms with van der Waals surface area (Å²) in [6, 6.07) is 14.5. The first kappa shape index (κ1) is 18.6. The van der Waals surface area contributed by atoms with E-state index >= 15 is 0 Å². The Morgan fingerprint density at radius 1 is 1.21 bits per heavy atom. The Labute approximate surface area is 171 Å². The van der Waals surface area contributed by atoms with Gasteiger partial charge in [-0.1, -0.05) is 35.5 Å². The number of hydrogen-bond acceptors (Lipinski definition) is 6. The van der Waals surface area contributed by atoms with E-state index in [9.17, 15) is 4.79 Å². The number of benzene rings is 2. The first-order valence-electron chi connectivity index (χ1n) is 8.56. The summed E-state index contributed by atoms with van der Waals surface area (Å²) in [5, 5.41) is 12.5. The minimum Gasteiger partial charge on any atom is -0.485 e. The van der Waals surface area contributed by atoms with E-state index in [1.54, 1.807) is 24.3 Å². The summed E-state index contributed by atoms with van der Waals surface area (Å²) in [7, 11) is 1.85. The maximum atomic E-state index is 12.2. The number of anilines is 1. The van der Waals surface area contributed by atoms with Gasteiger partial charge in [0.2, 0.25) is 5.91 Å². The van der Waals surface area contributed by atoms with Crippen LogP contribution in [0.15, 0.2) is 53.7 Å². The van der Waals surface area contributed by atoms with E-state index < -0.39 is 0 Å². The highest BCUT2D eigenvalue weighted by atomic mass is 35.5. The summed E-state index contributed by atoms with van der Waals surface area (Å²) < 4.78 is 13.5. The molecule has 3 aromatic rings. The Bertz CT molecular complexity index is 993. The zero-order valence-electron chi connectivity index (χ0n) is 15.0. The Hall–Kier alpha value is -2.71. The van der Waals surface area contributed by atoms with E-state index in [0.29, 0.717) is 34.0 Å². The molecule has 0 spiro atoms. The Morgan fingerprint density at radius 2 is 1.96 bits per heavy atom. The van der Waals surface area contributed by atoms with Crippen molar-refractivity contribution in [3.8, 4) is 11.5 Å². The number of thioether (sulfide) groups is 1. The van der Waals surface area contributed by atoms with Crippen molar-refractivity contribution < 1.29 is 14.3 Å². The molecule has 144 valence electrons. The number of aromatic nitrogens is 3. The van der Waals surface area contributed by atoms with Gasteiger partial charge >= 0.3 is 0 Å². The van der Waals surface area contributed by atoms with E-state index in [0.717, 1.165) is 5.75 Å². The number of nitrogens with zero attached hydrogens (tertiary/aromatic N) is 3. The summed E-state index contributed by atoms with van der Waals surface area (Å²) >= 11 is 7.15. The summed E-state index contributed by atoms with van der Waals surface area (Å²) in [5.41, 5.74) is 0.695. The van der Waals surface area contributed by atoms with Gasteiger partial charge in [-0.25, -0.2) is 0 Å². The quantitative estimate of drug-likeness (QED) is 0.639. The lowest BCUT2D eigenvalue weighted by molar-refractivity contribution is -0.113. The van der Waals surface area contributed by atoms with Gasteiger partial charge in [0.05, 0.1) is 5.75 Å². The van der Waals surface area contributed by atoms with Crippen LogP contribution in [0, 0.1) is 0 Å². The molecule has 7 nitrogen and oxygen atoms in total. The lowest BCUT2D eigenvalue weighted by atomic mass is 10.2. The minimum atomic E-state index is -0.357. The molecule has 0 bridgehead atoms. The van der Waals surface area contributed by atoms with E-state index in [4.69, 9.17) is 21.1 Å². The molecule has 28 heavy (non-hydrogen) atoms. The van der Waals surface area contributed by atoms with E-state index in [2.05, 4.69) is 15.5 Å². The molecular formula is C19H17ClN4O3S. The molecule has 1 unspecified atom stereocenters. The number of amides is 1. The summed E-state index contributed by atoms with van der Waals surface area (Å²) in [6.45, 7) is 0.352. The van der Waals surface area contributed by atoms with Gasteiger partial charge in [-0.3, -0.25) is 4.79 Å². The molecule has 1 aliphatic rings. The third-order valence-electron chi connectivity index (χ3n) is 4.13. The van der Waals surface area contributed by atoms with Crippen LogP contribution in [0.5, 0.6) is 11.5 Å². The van der Waals surface area contributed by atoms with Crippen molar-refractivity contribution in [2.24, 2.45) is 7.05 Å². The second-order valence-electron chi connectivity index (χ2n) is 6.11. The molecule has 2 aromatic carbocycles. The molecule has 0 aliphatic carbocycles. The van der Waals surface area contributed by atoms with Crippen LogP contribution >= 0.6 is 23.4 Å². The second-order valence-corrected chi connectivity index (χ2v) is 7.49. The first-order chi connectivity index (χ1) is 13.6. The minimum absolute atomic E-state index is 0.136. The number of carbonyl (C=O) groups excluding carboxylic acids is 1. The van der Waals surface area contributed by atoms with Crippen LogP contribution in [-0.4, -0.2) is 33.0 Å². The summed E-state index contributed by atoms with van der Waals surface area (Å²) in [5.74, 6) is 2.12. The Morgan fingerprint density at radius 3 is 2.75 bits per heavy atom. The monoisotopic (exact) mass is 416 g/mol. The molecule has 1 atom stereocenters. The molecule has 0 fully saturated rings. The average Bonchev–Trinajstić information content (AvgIpc) is 3.08. The van der Waals surface area contributed by atoms with Gasteiger partial charge < -0.3 is 19.4 Å². The van der Waals surface area contributed by atoms with Crippen LogP contribution in [0.1, 0.15) is 11.9 Å². The lowest BCUT2D eigenvalue weighted by Gasteiger charge is -2.25. The average molecular weight is 417 g/mol. The molecule has 1 N–H and O–H groups in total. The zero-order chi connectivity index (χ0) is 19.5. The number of rotatable bonds is 5. The maximum absolute atomic E-state index is 12.2. The summed E-state index contributed by atoms with van der Waals surface area (Å²) in [6.07, 6.45) is -0.357. The van der Waals surface area contributed by atoms with Crippen molar-refractivity contribution in [2.45, 2.75) is 11.3 Å². The van der Waals surface area contributed by atoms with Crippen LogP contribution in [0.25, 0.3) is 0 Å². The molecule has 0 saturated heterocycles. The first-order valence-corrected chi connectivity index (χ1v) is 9.92. The molecule has 2 heterocycles. The normalized spacial score (nSPS) is 15.3. The van der Waals surface area contributed by atoms with E-state index in [1.807, 2.05) is 35.9 Å². The largest absolute Gasteiger partial charge is 0.485 e. The second kappa shape index (κ2) is 8.12. The number of para-hydroxylation sites is 2. The molecule has 0 radical (unpaired) electrons. The highest BCUT2D eigenvalue weighted by Crippen LogP contribution is 2.35. The van der Waals surface area contributed by atoms with Crippen molar-refractivity contribution in [3.63, 3.8) is 0 Å². The van der Waals surface area contributed by atoms with Gasteiger partial charge in [0.1, 0.15) is 6.61 Å². The Balaban J connectivity index is 1.37. The fraction of sp³-hybridized carbons (Fsp3) is 0.211. The van der Waals surface area contributed by atoms with Crippen molar-refractivity contribution in [2.75, 3.05) is 17.7 Å². The SMILES string of the molecule is Cn1c(SCC(=O)Nc2ccc(Cl)cc2)nnc1C1COc2ccccc2O1. The molecule has 1 amide bonds. The van der Waals surface area contributed by atoms with E-state index in [1.165, 1.54) is 11.8 Å². The number of fused-ring (bicyclic) bond motifs is 1. The van der Waals surface area contributed by atoms with Crippen LogP contribution in [0.3, 0.4) is 0 Å². The van der Waals surface area contributed by atoms with E-state index in [-0.39, 0.29) is 17.8 Å². The smallest absolute Gasteiger partial charge is 0.234 e. The fourth-order valence-corrected chi connectivity index (χ4v) is 3.58. The molecule has 4 rings (SSSR count). The molecule has 1 aliphatic heterocycles. The van der Waals surface area contributed by atoms with Gasteiger partial charge in [0.25, 0.3) is 0 Å². The van der Waals surface area contributed by atoms with Gasteiger partial charge in [-0.15, -0.1) is 10.2 Å². The molecule has 9 heteroatoms. The van der Waals surface area contributed by atoms with Gasteiger partial charge in [-0.2, -0.15) is 0 Å². The van der Waals surface area contributed by atoms with Crippen molar-refractivity contribution in [1.82, 2.24) is 14.8 Å². The van der Waals surface area contributed by atoms with Crippen LogP contribution in [-0.2, 0) is 11.8 Å². The highest BCUT2D eigenvalue weighted by molar-refractivity contribution is 7.99. The van der Waals surface area contributed by atoms with Crippen LogP contribution in [0.2, 0.25) is 5.02 Å². The number of carbonyl (C=O) groups is 1. The van der Waals surface area contributed by atoms with Crippen LogP contribution in [0.4, 0.5) is 5.69 Å². The zero-order valence-corrected chi connectivity index (χ0v) is 16.5. The third-order valence-corrected chi connectivity index (χ3v) is 5.40. The van der Waals surface area contributed by atoms with Gasteiger partial charge in [0, 0.05) is 17.8 Å². The predicted molar refractivity (Wildman–Crippen MR) is 107 cm³/mol. The van der Waals surface area contributed by atoms with Crippen molar-refractivity contribution >= 4 is 35.0 Å². The number of hydrogen-bond donors (Lipinski definition) is 1. The Kier molecular flexibility index (Phi) is 5.40. The predicted octanol–water partition coefficient (Wildman–Crippen LogP) is 3.71. The number of nitrogens with one attached hydrogen (secondary N) is 1. The highest BCUT2D eigenvalue weighted by Gasteiger charge is 2.27. The summed E-state index contributed by atoms with van der Waals surface area (Å²) in [4.78, 5) is 12.2. The van der Waals surface area contributed by atoms with Crippen LogP contribution < -0.4 is 14.8 Å². The number of halogens is 1. The van der Waals surface area contributed by atoms with Gasteiger partial charge in [-0.05, 0) is 36.4 Å². The topological polar surface area (TPSA) is 78.3 Å². The third kappa shape index (κ3) is 4.07. The fourth-order valence-electron chi connectivity index (χ4n) is 2.74. The van der Waals surface area contributed by atoms with Crippen molar-refractivity contribution in [1.29, 1.82) is 0 Å². The van der Waals surface area contributed by atoms with Gasteiger partial charge in [0.15, 0.2) is 28.6 Å². The lowest BCUT2D eigenvalue weighted by Crippen LogP contribution is -2.24. The molecule has 0 saturated carbocycles.